The Labute approximate surface area is 217 Å². The minimum Gasteiger partial charge on any atom is -0.346 e. The number of benzene rings is 3. The van der Waals surface area contributed by atoms with Gasteiger partial charge in [0.25, 0.3) is 0 Å². The van der Waals surface area contributed by atoms with Gasteiger partial charge in [-0.3, -0.25) is 4.79 Å². The van der Waals surface area contributed by atoms with Crippen LogP contribution in [-0.4, -0.2) is 23.5 Å². The first-order valence-corrected chi connectivity index (χ1v) is 13.8. The average Bonchev–Trinajstić information content (AvgIpc) is 3.36. The van der Waals surface area contributed by atoms with Gasteiger partial charge >= 0.3 is 0 Å². The Hall–Kier alpha value is -3.07. The molecule has 36 heavy (non-hydrogen) atoms. The summed E-state index contributed by atoms with van der Waals surface area (Å²) < 4.78 is 0. The van der Waals surface area contributed by atoms with Crippen LogP contribution in [-0.2, 0) is 23.2 Å². The standard InChI is InChI=1S/C33H40N2O/c1-4-5-6-7-18-31(36)34-20-19-33(23-27-14-10-12-25(2)21-27)29-16-8-9-17-30(29)35(32(33)34)24-28-15-11-13-26(3)22-28/h8-17,21-22,32H,4-7,18-20,23-24H2,1-3H3. The Balaban J connectivity index is 1.54. The Morgan fingerprint density at radius 3 is 2.36 bits per heavy atom. The van der Waals surface area contributed by atoms with Crippen molar-refractivity contribution >= 4 is 11.6 Å². The lowest BCUT2D eigenvalue weighted by Gasteiger charge is -2.39. The number of unbranched alkanes of at least 4 members (excludes halogenated alkanes) is 3. The summed E-state index contributed by atoms with van der Waals surface area (Å²) in [6, 6.07) is 26.7. The molecule has 5 rings (SSSR count). The summed E-state index contributed by atoms with van der Waals surface area (Å²) in [7, 11) is 0. The van der Waals surface area contributed by atoms with Crippen LogP contribution in [0.1, 0.15) is 73.3 Å². The van der Waals surface area contributed by atoms with E-state index >= 15 is 0 Å². The molecule has 0 bridgehead atoms. The molecule has 3 aromatic rings. The van der Waals surface area contributed by atoms with E-state index in [-0.39, 0.29) is 11.6 Å². The van der Waals surface area contributed by atoms with Crippen molar-refractivity contribution in [1.29, 1.82) is 0 Å². The normalized spacial score (nSPS) is 20.5. The molecule has 188 valence electrons. The zero-order valence-electron chi connectivity index (χ0n) is 22.2. The number of anilines is 1. The summed E-state index contributed by atoms with van der Waals surface area (Å²) in [6.07, 6.45) is 7.21. The Morgan fingerprint density at radius 2 is 1.61 bits per heavy atom. The highest BCUT2D eigenvalue weighted by molar-refractivity contribution is 5.80. The van der Waals surface area contributed by atoms with Crippen LogP contribution in [0.5, 0.6) is 0 Å². The van der Waals surface area contributed by atoms with Crippen LogP contribution in [0, 0.1) is 13.8 Å². The molecule has 3 heteroatoms. The maximum absolute atomic E-state index is 13.7. The number of para-hydroxylation sites is 1. The number of amides is 1. The SMILES string of the molecule is CCCCCCC(=O)N1CCC2(Cc3cccc(C)c3)c3ccccc3N(Cc3cccc(C)c3)C12. The molecule has 0 aromatic heterocycles. The van der Waals surface area contributed by atoms with Crippen LogP contribution in [0.15, 0.2) is 72.8 Å². The smallest absolute Gasteiger partial charge is 0.224 e. The molecule has 1 amide bonds. The molecule has 3 nitrogen and oxygen atoms in total. The summed E-state index contributed by atoms with van der Waals surface area (Å²) in [5.41, 5.74) is 7.85. The predicted molar refractivity (Wildman–Crippen MR) is 149 cm³/mol. The van der Waals surface area contributed by atoms with Gasteiger partial charge in [0.2, 0.25) is 5.91 Å². The minimum absolute atomic E-state index is 0.0506. The van der Waals surface area contributed by atoms with E-state index in [2.05, 4.69) is 103 Å². The lowest BCUT2D eigenvalue weighted by molar-refractivity contribution is -0.132. The van der Waals surface area contributed by atoms with E-state index < -0.39 is 0 Å². The number of hydrogen-bond acceptors (Lipinski definition) is 2. The molecule has 2 aliphatic rings. The molecule has 0 saturated carbocycles. The van der Waals surface area contributed by atoms with Crippen molar-refractivity contribution in [2.45, 2.75) is 83.8 Å². The van der Waals surface area contributed by atoms with Crippen molar-refractivity contribution in [2.75, 3.05) is 11.4 Å². The number of fused-ring (bicyclic) bond motifs is 3. The van der Waals surface area contributed by atoms with Gasteiger partial charge in [0, 0.05) is 30.6 Å². The van der Waals surface area contributed by atoms with Crippen molar-refractivity contribution in [3.8, 4) is 0 Å². The fraction of sp³-hybridized carbons (Fsp3) is 0.424. The third kappa shape index (κ3) is 4.68. The van der Waals surface area contributed by atoms with E-state index in [1.54, 1.807) is 0 Å². The van der Waals surface area contributed by atoms with Gasteiger partial charge in [-0.2, -0.15) is 0 Å². The van der Waals surface area contributed by atoms with Gasteiger partial charge in [-0.05, 0) is 55.9 Å². The van der Waals surface area contributed by atoms with Crippen LogP contribution < -0.4 is 4.90 Å². The highest BCUT2D eigenvalue weighted by Crippen LogP contribution is 2.54. The molecular formula is C33H40N2O. The molecule has 0 radical (unpaired) electrons. The second-order valence-corrected chi connectivity index (χ2v) is 11.0. The van der Waals surface area contributed by atoms with Crippen molar-refractivity contribution in [2.24, 2.45) is 0 Å². The van der Waals surface area contributed by atoms with Crippen LogP contribution >= 0.6 is 0 Å². The van der Waals surface area contributed by atoms with E-state index in [1.807, 2.05) is 0 Å². The van der Waals surface area contributed by atoms with Crippen molar-refractivity contribution in [3.63, 3.8) is 0 Å². The molecular weight excluding hydrogens is 440 g/mol. The number of rotatable bonds is 9. The lowest BCUT2D eigenvalue weighted by atomic mass is 9.74. The van der Waals surface area contributed by atoms with Gasteiger partial charge < -0.3 is 9.80 Å². The molecule has 1 saturated heterocycles. The van der Waals surface area contributed by atoms with Gasteiger partial charge in [0.15, 0.2) is 0 Å². The summed E-state index contributed by atoms with van der Waals surface area (Å²) >= 11 is 0. The zero-order valence-corrected chi connectivity index (χ0v) is 22.2. The van der Waals surface area contributed by atoms with Crippen molar-refractivity contribution in [3.05, 3.63) is 101 Å². The summed E-state index contributed by atoms with van der Waals surface area (Å²) in [4.78, 5) is 18.5. The summed E-state index contributed by atoms with van der Waals surface area (Å²) in [5.74, 6) is 0.323. The molecule has 3 aromatic carbocycles. The second kappa shape index (κ2) is 10.5. The van der Waals surface area contributed by atoms with Crippen LogP contribution in [0.4, 0.5) is 5.69 Å². The largest absolute Gasteiger partial charge is 0.346 e. The Bertz CT molecular complexity index is 1220. The minimum atomic E-state index is -0.0900. The lowest BCUT2D eigenvalue weighted by Crippen LogP contribution is -2.52. The molecule has 1 fully saturated rings. The number of carbonyl (C=O) groups excluding carboxylic acids is 1. The van der Waals surface area contributed by atoms with Crippen LogP contribution in [0.3, 0.4) is 0 Å². The predicted octanol–water partition coefficient (Wildman–Crippen LogP) is 7.33. The average molecular weight is 481 g/mol. The zero-order chi connectivity index (χ0) is 25.1. The van der Waals surface area contributed by atoms with Crippen LogP contribution in [0.25, 0.3) is 0 Å². The monoisotopic (exact) mass is 480 g/mol. The molecule has 0 spiro atoms. The topological polar surface area (TPSA) is 23.6 Å². The third-order valence-corrected chi connectivity index (χ3v) is 8.24. The van der Waals surface area contributed by atoms with E-state index in [4.69, 9.17) is 0 Å². The van der Waals surface area contributed by atoms with Crippen molar-refractivity contribution in [1.82, 2.24) is 4.90 Å². The fourth-order valence-corrected chi connectivity index (χ4v) is 6.63. The summed E-state index contributed by atoms with van der Waals surface area (Å²) in [6.45, 7) is 8.21. The van der Waals surface area contributed by atoms with Gasteiger partial charge in [0.1, 0.15) is 6.17 Å². The van der Waals surface area contributed by atoms with Gasteiger partial charge in [-0.15, -0.1) is 0 Å². The maximum Gasteiger partial charge on any atom is 0.224 e. The number of aryl methyl sites for hydroxylation is 2. The second-order valence-electron chi connectivity index (χ2n) is 11.0. The number of nitrogens with zero attached hydrogens (tertiary/aromatic N) is 2. The molecule has 0 N–H and O–H groups in total. The first-order valence-electron chi connectivity index (χ1n) is 13.8. The molecule has 2 atom stereocenters. The highest BCUT2D eigenvalue weighted by Gasteiger charge is 2.57. The van der Waals surface area contributed by atoms with Gasteiger partial charge in [0.05, 0.1) is 0 Å². The first kappa shape index (κ1) is 24.6. The molecule has 2 unspecified atom stereocenters. The van der Waals surface area contributed by atoms with Gasteiger partial charge in [-0.25, -0.2) is 0 Å². The highest BCUT2D eigenvalue weighted by atomic mass is 16.2. The fourth-order valence-electron chi connectivity index (χ4n) is 6.63. The molecule has 2 heterocycles. The van der Waals surface area contributed by atoms with Crippen LogP contribution in [0.2, 0.25) is 0 Å². The molecule has 0 aliphatic carbocycles. The number of hydrogen-bond donors (Lipinski definition) is 0. The first-order chi connectivity index (χ1) is 17.5. The summed E-state index contributed by atoms with van der Waals surface area (Å²) in [5, 5.41) is 0. The third-order valence-electron chi connectivity index (χ3n) is 8.24. The Morgan fingerprint density at radius 1 is 0.889 bits per heavy atom. The van der Waals surface area contributed by atoms with E-state index in [0.717, 1.165) is 38.8 Å². The quantitative estimate of drug-likeness (QED) is 0.299. The maximum atomic E-state index is 13.7. The Kier molecular flexibility index (Phi) is 7.18. The van der Waals surface area contributed by atoms with Crippen molar-refractivity contribution < 1.29 is 4.79 Å². The van der Waals surface area contributed by atoms with E-state index in [1.165, 1.54) is 46.3 Å². The molecule has 2 aliphatic heterocycles. The van der Waals surface area contributed by atoms with Gasteiger partial charge in [-0.1, -0.05) is 104 Å². The number of likely N-dealkylation sites (tertiary alicyclic amines) is 1. The number of carbonyl (C=O) groups is 1. The van der Waals surface area contributed by atoms with E-state index in [9.17, 15) is 4.79 Å². The van der Waals surface area contributed by atoms with E-state index in [0.29, 0.717) is 12.3 Å².